The summed E-state index contributed by atoms with van der Waals surface area (Å²) in [6.45, 7) is 6.29. The van der Waals surface area contributed by atoms with Crippen LogP contribution in [-0.4, -0.2) is 58.3 Å². The molecule has 1 aliphatic rings. The van der Waals surface area contributed by atoms with Crippen LogP contribution in [0.15, 0.2) is 12.3 Å². The van der Waals surface area contributed by atoms with E-state index in [9.17, 15) is 4.79 Å². The number of rotatable bonds is 7. The molecule has 0 radical (unpaired) electrons. The Morgan fingerprint density at radius 3 is 3.04 bits per heavy atom. The maximum atomic E-state index is 12.5. The van der Waals surface area contributed by atoms with E-state index in [1.54, 1.807) is 0 Å². The molecule has 0 saturated carbocycles. The van der Waals surface area contributed by atoms with Gasteiger partial charge in [0.15, 0.2) is 0 Å². The van der Waals surface area contributed by atoms with Gasteiger partial charge in [-0.25, -0.2) is 0 Å². The van der Waals surface area contributed by atoms with Crippen molar-refractivity contribution < 1.29 is 4.79 Å². The second kappa shape index (κ2) is 10.2. The van der Waals surface area contributed by atoms with E-state index in [0.29, 0.717) is 11.7 Å². The van der Waals surface area contributed by atoms with Gasteiger partial charge in [0.2, 0.25) is 0 Å². The second-order valence-electron chi connectivity index (χ2n) is 5.93. The second-order valence-corrected chi connectivity index (χ2v) is 7.33. The van der Waals surface area contributed by atoms with E-state index in [1.807, 2.05) is 40.7 Å². The Balaban J connectivity index is 0.00000264. The zero-order valence-corrected chi connectivity index (χ0v) is 16.0. The molecule has 23 heavy (non-hydrogen) atoms. The van der Waals surface area contributed by atoms with Crippen LogP contribution in [0.1, 0.15) is 49.6 Å². The summed E-state index contributed by atoms with van der Waals surface area (Å²) in [5.74, 6) is 2.25. The molecule has 2 atom stereocenters. The molecule has 0 bridgehead atoms. The fourth-order valence-electron chi connectivity index (χ4n) is 2.69. The van der Waals surface area contributed by atoms with Gasteiger partial charge in [0.05, 0.1) is 6.04 Å². The number of aromatic nitrogens is 2. The molecule has 1 aliphatic heterocycles. The smallest absolute Gasteiger partial charge is 0.274 e. The highest BCUT2D eigenvalue weighted by molar-refractivity contribution is 7.99. The van der Waals surface area contributed by atoms with Crippen molar-refractivity contribution in [2.24, 2.45) is 0 Å². The molecular formula is C16H29ClN4OS. The number of carbonyl (C=O) groups is 1. The average Bonchev–Trinajstić information content (AvgIpc) is 3.04. The quantitative estimate of drug-likeness (QED) is 0.759. The SMILES string of the molecule is CCSCCC(C)N(C)C(=O)c1ccn(C2CCCNC2)n1.Cl. The Kier molecular flexibility index (Phi) is 9.02. The van der Waals surface area contributed by atoms with Crippen molar-refractivity contribution >= 4 is 30.1 Å². The lowest BCUT2D eigenvalue weighted by Crippen LogP contribution is -2.36. The molecule has 5 nitrogen and oxygen atoms in total. The number of halogens is 1. The van der Waals surface area contributed by atoms with Crippen LogP contribution in [0.5, 0.6) is 0 Å². The van der Waals surface area contributed by atoms with Crippen LogP contribution in [0.4, 0.5) is 0 Å². The van der Waals surface area contributed by atoms with E-state index in [4.69, 9.17) is 0 Å². The van der Waals surface area contributed by atoms with Gasteiger partial charge >= 0.3 is 0 Å². The molecule has 0 aliphatic carbocycles. The van der Waals surface area contributed by atoms with Crippen LogP contribution < -0.4 is 5.32 Å². The molecule has 1 amide bonds. The molecule has 0 aromatic carbocycles. The van der Waals surface area contributed by atoms with Gasteiger partial charge in [0.1, 0.15) is 5.69 Å². The number of amides is 1. The zero-order valence-electron chi connectivity index (χ0n) is 14.3. The lowest BCUT2D eigenvalue weighted by atomic mass is 10.1. The summed E-state index contributed by atoms with van der Waals surface area (Å²) in [4.78, 5) is 14.4. The summed E-state index contributed by atoms with van der Waals surface area (Å²) in [6.07, 6.45) is 5.26. The Labute approximate surface area is 150 Å². The summed E-state index contributed by atoms with van der Waals surface area (Å²) in [6, 6.07) is 2.47. The van der Waals surface area contributed by atoms with Crippen molar-refractivity contribution in [3.05, 3.63) is 18.0 Å². The molecular weight excluding hydrogens is 332 g/mol. The van der Waals surface area contributed by atoms with E-state index < -0.39 is 0 Å². The summed E-state index contributed by atoms with van der Waals surface area (Å²) in [7, 11) is 1.88. The number of carbonyl (C=O) groups excluding carboxylic acids is 1. The third kappa shape index (κ3) is 5.69. The molecule has 1 fully saturated rings. The van der Waals surface area contributed by atoms with Crippen molar-refractivity contribution in [1.82, 2.24) is 20.0 Å². The summed E-state index contributed by atoms with van der Waals surface area (Å²) >= 11 is 1.92. The lowest BCUT2D eigenvalue weighted by molar-refractivity contribution is 0.0734. The van der Waals surface area contributed by atoms with Crippen molar-refractivity contribution in [2.45, 2.75) is 45.2 Å². The summed E-state index contributed by atoms with van der Waals surface area (Å²) in [5, 5.41) is 7.90. The van der Waals surface area contributed by atoms with Crippen molar-refractivity contribution in [2.75, 3.05) is 31.6 Å². The first kappa shape index (κ1) is 20.3. The minimum Gasteiger partial charge on any atom is -0.338 e. The highest BCUT2D eigenvalue weighted by Gasteiger charge is 2.21. The van der Waals surface area contributed by atoms with Gasteiger partial charge in [0.25, 0.3) is 5.91 Å². The van der Waals surface area contributed by atoms with Crippen LogP contribution in [0.2, 0.25) is 0 Å². The molecule has 2 rings (SSSR count). The third-order valence-electron chi connectivity index (χ3n) is 4.34. The van der Waals surface area contributed by atoms with Gasteiger partial charge in [-0.2, -0.15) is 16.9 Å². The first-order valence-electron chi connectivity index (χ1n) is 8.24. The van der Waals surface area contributed by atoms with Gasteiger partial charge in [-0.3, -0.25) is 9.48 Å². The van der Waals surface area contributed by atoms with Crippen molar-refractivity contribution in [3.63, 3.8) is 0 Å². The molecule has 7 heteroatoms. The summed E-state index contributed by atoms with van der Waals surface area (Å²) < 4.78 is 1.95. The molecule has 1 aromatic heterocycles. The number of piperidine rings is 1. The van der Waals surface area contributed by atoms with Gasteiger partial charge in [-0.05, 0) is 50.3 Å². The molecule has 2 unspecified atom stereocenters. The van der Waals surface area contributed by atoms with E-state index in [1.165, 1.54) is 6.42 Å². The predicted molar refractivity (Wildman–Crippen MR) is 99.8 cm³/mol. The third-order valence-corrected chi connectivity index (χ3v) is 5.27. The Morgan fingerprint density at radius 1 is 1.61 bits per heavy atom. The standard InChI is InChI=1S/C16H28N4OS.ClH/c1-4-22-11-8-13(2)19(3)16(21)15-7-10-20(18-15)14-6-5-9-17-12-14;/h7,10,13-14,17H,4-6,8-9,11-12H2,1-3H3;1H. The largest absolute Gasteiger partial charge is 0.338 e. The lowest BCUT2D eigenvalue weighted by Gasteiger charge is -2.24. The number of nitrogens with one attached hydrogen (secondary N) is 1. The van der Waals surface area contributed by atoms with Gasteiger partial charge < -0.3 is 10.2 Å². The van der Waals surface area contributed by atoms with E-state index in [-0.39, 0.29) is 24.4 Å². The number of hydrogen-bond acceptors (Lipinski definition) is 4. The van der Waals surface area contributed by atoms with Gasteiger partial charge in [-0.15, -0.1) is 12.4 Å². The molecule has 0 spiro atoms. The number of thioether (sulfide) groups is 1. The summed E-state index contributed by atoms with van der Waals surface area (Å²) in [5.41, 5.74) is 0.558. The topological polar surface area (TPSA) is 50.2 Å². The molecule has 2 heterocycles. The predicted octanol–water partition coefficient (Wildman–Crippen LogP) is 2.83. The zero-order chi connectivity index (χ0) is 15.9. The minimum absolute atomic E-state index is 0. The van der Waals surface area contributed by atoms with Crippen LogP contribution in [0.25, 0.3) is 0 Å². The van der Waals surface area contributed by atoms with Crippen LogP contribution in [0.3, 0.4) is 0 Å². The van der Waals surface area contributed by atoms with Crippen LogP contribution >= 0.6 is 24.2 Å². The highest BCUT2D eigenvalue weighted by atomic mass is 35.5. The maximum Gasteiger partial charge on any atom is 0.274 e. The van der Waals surface area contributed by atoms with Crippen molar-refractivity contribution in [1.29, 1.82) is 0 Å². The van der Waals surface area contributed by atoms with Crippen molar-refractivity contribution in [3.8, 4) is 0 Å². The highest BCUT2D eigenvalue weighted by Crippen LogP contribution is 2.17. The molecule has 1 saturated heterocycles. The monoisotopic (exact) mass is 360 g/mol. The number of nitrogens with zero attached hydrogens (tertiary/aromatic N) is 3. The Hall–Kier alpha value is -0.720. The first-order valence-corrected chi connectivity index (χ1v) is 9.39. The molecule has 1 aromatic rings. The average molecular weight is 361 g/mol. The first-order chi connectivity index (χ1) is 10.6. The van der Waals surface area contributed by atoms with Crippen LogP contribution in [0, 0.1) is 0 Å². The fraction of sp³-hybridized carbons (Fsp3) is 0.750. The number of hydrogen-bond donors (Lipinski definition) is 1. The van der Waals surface area contributed by atoms with E-state index in [2.05, 4.69) is 24.3 Å². The van der Waals surface area contributed by atoms with Crippen LogP contribution in [-0.2, 0) is 0 Å². The van der Waals surface area contributed by atoms with E-state index in [0.717, 1.165) is 37.4 Å². The normalized spacial score (nSPS) is 19.0. The maximum absolute atomic E-state index is 12.5. The fourth-order valence-corrected chi connectivity index (χ4v) is 3.48. The molecule has 132 valence electrons. The van der Waals surface area contributed by atoms with Gasteiger partial charge in [-0.1, -0.05) is 6.92 Å². The van der Waals surface area contributed by atoms with Gasteiger partial charge in [0, 0.05) is 25.8 Å². The minimum atomic E-state index is 0. The van der Waals surface area contributed by atoms with E-state index >= 15 is 0 Å². The Morgan fingerprint density at radius 2 is 2.39 bits per heavy atom. The molecule has 1 N–H and O–H groups in total. The Bertz CT molecular complexity index is 476.